The van der Waals surface area contributed by atoms with E-state index in [1.165, 1.54) is 6.20 Å². The Labute approximate surface area is 167 Å². The maximum atomic E-state index is 12.8. The Morgan fingerprint density at radius 3 is 2.79 bits per heavy atom. The van der Waals surface area contributed by atoms with Crippen molar-refractivity contribution < 1.29 is 18.8 Å². The standard InChI is InChI=1S/C21H20N4O4/c1-12-17(13(2)29-24-12)11-25-18-9-16(6-7-19(18)28-14(3)21(25)27)23-20(26)15-5-4-8-22-10-15/h4-10,14H,11H2,1-3H3,(H,23,26)/t14-/m0/s1. The average molecular weight is 392 g/mol. The maximum Gasteiger partial charge on any atom is 0.268 e. The van der Waals surface area contributed by atoms with Crippen LogP contribution in [-0.4, -0.2) is 28.1 Å². The predicted molar refractivity (Wildman–Crippen MR) is 106 cm³/mol. The van der Waals surface area contributed by atoms with E-state index in [1.807, 2.05) is 13.8 Å². The molecule has 0 unspecified atom stereocenters. The first kappa shape index (κ1) is 18.7. The van der Waals surface area contributed by atoms with Crippen LogP contribution in [0.5, 0.6) is 5.75 Å². The summed E-state index contributed by atoms with van der Waals surface area (Å²) in [6, 6.07) is 8.59. The Balaban J connectivity index is 1.66. The second kappa shape index (κ2) is 7.38. The SMILES string of the molecule is Cc1noc(C)c1CN1C(=O)[C@H](C)Oc2ccc(NC(=O)c3cccnc3)cc21. The molecule has 3 aromatic rings. The number of nitrogens with one attached hydrogen (secondary N) is 1. The molecule has 29 heavy (non-hydrogen) atoms. The van der Waals surface area contributed by atoms with Gasteiger partial charge in [-0.3, -0.25) is 14.6 Å². The molecular weight excluding hydrogens is 372 g/mol. The highest BCUT2D eigenvalue weighted by molar-refractivity contribution is 6.05. The normalized spacial score (nSPS) is 15.6. The minimum atomic E-state index is -0.612. The third-order valence-corrected chi connectivity index (χ3v) is 4.85. The van der Waals surface area contributed by atoms with Crippen molar-refractivity contribution in [1.82, 2.24) is 10.1 Å². The van der Waals surface area contributed by atoms with Crippen LogP contribution in [0.4, 0.5) is 11.4 Å². The minimum Gasteiger partial charge on any atom is -0.479 e. The molecule has 2 aromatic heterocycles. The Morgan fingerprint density at radius 1 is 1.28 bits per heavy atom. The molecule has 8 nitrogen and oxygen atoms in total. The molecule has 0 aliphatic carbocycles. The smallest absolute Gasteiger partial charge is 0.268 e. The first-order valence-electron chi connectivity index (χ1n) is 9.19. The Hall–Kier alpha value is -3.68. The lowest BCUT2D eigenvalue weighted by Crippen LogP contribution is -2.44. The topological polar surface area (TPSA) is 97.6 Å². The fourth-order valence-corrected chi connectivity index (χ4v) is 3.23. The number of carbonyl (C=O) groups excluding carboxylic acids is 2. The molecule has 1 aliphatic heterocycles. The summed E-state index contributed by atoms with van der Waals surface area (Å²) >= 11 is 0. The molecule has 0 radical (unpaired) electrons. The van der Waals surface area contributed by atoms with E-state index in [1.54, 1.807) is 48.4 Å². The lowest BCUT2D eigenvalue weighted by atomic mass is 10.1. The molecule has 0 bridgehead atoms. The molecule has 0 spiro atoms. The molecule has 1 N–H and O–H groups in total. The number of fused-ring (bicyclic) bond motifs is 1. The zero-order valence-electron chi connectivity index (χ0n) is 16.3. The molecule has 148 valence electrons. The van der Waals surface area contributed by atoms with Gasteiger partial charge in [0.05, 0.1) is 23.5 Å². The Morgan fingerprint density at radius 2 is 2.10 bits per heavy atom. The van der Waals surface area contributed by atoms with E-state index >= 15 is 0 Å². The largest absolute Gasteiger partial charge is 0.479 e. The molecule has 3 heterocycles. The number of anilines is 2. The van der Waals surface area contributed by atoms with Gasteiger partial charge in [0.1, 0.15) is 11.5 Å². The van der Waals surface area contributed by atoms with Crippen molar-refractivity contribution in [2.24, 2.45) is 0 Å². The number of benzene rings is 1. The van der Waals surface area contributed by atoms with Crippen LogP contribution in [0.15, 0.2) is 47.2 Å². The van der Waals surface area contributed by atoms with Gasteiger partial charge in [0.15, 0.2) is 6.10 Å². The average Bonchev–Trinajstić information content (AvgIpc) is 3.04. The number of hydrogen-bond donors (Lipinski definition) is 1. The van der Waals surface area contributed by atoms with Crippen molar-refractivity contribution in [2.75, 3.05) is 10.2 Å². The van der Waals surface area contributed by atoms with E-state index in [0.29, 0.717) is 35.0 Å². The minimum absolute atomic E-state index is 0.173. The van der Waals surface area contributed by atoms with E-state index in [9.17, 15) is 9.59 Å². The maximum absolute atomic E-state index is 12.8. The molecule has 2 amide bonds. The van der Waals surface area contributed by atoms with Crippen LogP contribution >= 0.6 is 0 Å². The van der Waals surface area contributed by atoms with Gasteiger partial charge in [0.2, 0.25) is 0 Å². The summed E-state index contributed by atoms with van der Waals surface area (Å²) < 4.78 is 11.0. The number of amides is 2. The second-order valence-corrected chi connectivity index (χ2v) is 6.87. The summed E-state index contributed by atoms with van der Waals surface area (Å²) in [5.74, 6) is 0.778. The molecule has 1 aromatic carbocycles. The summed E-state index contributed by atoms with van der Waals surface area (Å²) in [6.07, 6.45) is 2.48. The van der Waals surface area contributed by atoms with Gasteiger partial charge in [-0.15, -0.1) is 0 Å². The molecule has 0 saturated carbocycles. The van der Waals surface area contributed by atoms with E-state index in [2.05, 4.69) is 15.5 Å². The van der Waals surface area contributed by atoms with Gasteiger partial charge < -0.3 is 19.5 Å². The predicted octanol–water partition coefficient (Wildman–Crippen LogP) is 3.25. The quantitative estimate of drug-likeness (QED) is 0.732. The van der Waals surface area contributed by atoms with Gasteiger partial charge in [-0.2, -0.15) is 0 Å². The Kier molecular flexibility index (Phi) is 4.75. The fourth-order valence-electron chi connectivity index (χ4n) is 3.23. The first-order chi connectivity index (χ1) is 13.9. The molecule has 0 fully saturated rings. The van der Waals surface area contributed by atoms with E-state index < -0.39 is 6.10 Å². The number of ether oxygens (including phenoxy) is 1. The highest BCUT2D eigenvalue weighted by Gasteiger charge is 2.33. The van der Waals surface area contributed by atoms with Crippen LogP contribution in [0.25, 0.3) is 0 Å². The Bertz CT molecular complexity index is 1060. The summed E-state index contributed by atoms with van der Waals surface area (Å²) in [6.45, 7) is 5.67. The van der Waals surface area contributed by atoms with Crippen LogP contribution in [0.2, 0.25) is 0 Å². The van der Waals surface area contributed by atoms with Crippen molar-refractivity contribution >= 4 is 23.2 Å². The van der Waals surface area contributed by atoms with Crippen molar-refractivity contribution in [3.05, 3.63) is 65.3 Å². The third kappa shape index (κ3) is 3.56. The van der Waals surface area contributed by atoms with Crippen LogP contribution in [-0.2, 0) is 11.3 Å². The summed E-state index contributed by atoms with van der Waals surface area (Å²) in [5, 5.41) is 6.80. The van der Waals surface area contributed by atoms with Gasteiger partial charge in [0, 0.05) is 23.6 Å². The number of hydrogen-bond acceptors (Lipinski definition) is 6. The van der Waals surface area contributed by atoms with Crippen molar-refractivity contribution in [1.29, 1.82) is 0 Å². The van der Waals surface area contributed by atoms with Crippen molar-refractivity contribution in [3.63, 3.8) is 0 Å². The van der Waals surface area contributed by atoms with Gasteiger partial charge in [-0.25, -0.2) is 0 Å². The first-order valence-corrected chi connectivity index (χ1v) is 9.19. The zero-order valence-corrected chi connectivity index (χ0v) is 16.3. The number of aryl methyl sites for hydroxylation is 2. The molecule has 1 atom stereocenters. The lowest BCUT2D eigenvalue weighted by Gasteiger charge is -2.33. The summed E-state index contributed by atoms with van der Waals surface area (Å²) in [4.78, 5) is 30.9. The van der Waals surface area contributed by atoms with Crippen molar-refractivity contribution in [2.45, 2.75) is 33.4 Å². The van der Waals surface area contributed by atoms with E-state index in [0.717, 1.165) is 11.3 Å². The highest BCUT2D eigenvalue weighted by Crippen LogP contribution is 2.37. The van der Waals surface area contributed by atoms with Crippen LogP contribution in [0.1, 0.15) is 34.3 Å². The highest BCUT2D eigenvalue weighted by atomic mass is 16.5. The van der Waals surface area contributed by atoms with Gasteiger partial charge >= 0.3 is 0 Å². The van der Waals surface area contributed by atoms with Gasteiger partial charge in [-0.05, 0) is 51.1 Å². The van der Waals surface area contributed by atoms with Crippen molar-refractivity contribution in [3.8, 4) is 5.75 Å². The summed E-state index contributed by atoms with van der Waals surface area (Å²) in [7, 11) is 0. The van der Waals surface area contributed by atoms with Gasteiger partial charge in [0.25, 0.3) is 11.8 Å². The number of carbonyl (C=O) groups is 2. The van der Waals surface area contributed by atoms with Gasteiger partial charge in [-0.1, -0.05) is 5.16 Å². The molecule has 1 aliphatic rings. The molecule has 4 rings (SSSR count). The van der Waals surface area contributed by atoms with E-state index in [4.69, 9.17) is 9.26 Å². The lowest BCUT2D eigenvalue weighted by molar-refractivity contribution is -0.125. The number of aromatic nitrogens is 2. The molecule has 0 saturated heterocycles. The van der Waals surface area contributed by atoms with Crippen LogP contribution < -0.4 is 15.0 Å². The number of nitrogens with zero attached hydrogens (tertiary/aromatic N) is 3. The van der Waals surface area contributed by atoms with E-state index in [-0.39, 0.29) is 11.8 Å². The number of rotatable bonds is 4. The second-order valence-electron chi connectivity index (χ2n) is 6.87. The molecule has 8 heteroatoms. The zero-order chi connectivity index (χ0) is 20.5. The number of pyridine rings is 1. The van der Waals surface area contributed by atoms with Crippen LogP contribution in [0, 0.1) is 13.8 Å². The molecular formula is C21H20N4O4. The monoisotopic (exact) mass is 392 g/mol. The fraction of sp³-hybridized carbons (Fsp3) is 0.238. The summed E-state index contributed by atoms with van der Waals surface area (Å²) in [5.41, 5.74) is 3.16. The van der Waals surface area contributed by atoms with Crippen LogP contribution in [0.3, 0.4) is 0 Å². The third-order valence-electron chi connectivity index (χ3n) is 4.85.